The minimum absolute atomic E-state index is 0.427. The van der Waals surface area contributed by atoms with Crippen LogP contribution in [-0.4, -0.2) is 31.4 Å². The Morgan fingerprint density at radius 2 is 1.54 bits per heavy atom. The van der Waals surface area contributed by atoms with E-state index in [1.54, 1.807) is 0 Å². The van der Waals surface area contributed by atoms with E-state index in [0.29, 0.717) is 12.2 Å². The van der Waals surface area contributed by atoms with Crippen molar-refractivity contribution in [1.29, 1.82) is 0 Å². The number of hydrogen-bond acceptors (Lipinski definition) is 3. The molecule has 0 saturated heterocycles. The van der Waals surface area contributed by atoms with Crippen molar-refractivity contribution in [2.24, 2.45) is 0 Å². The quantitative estimate of drug-likeness (QED) is 0.803. The highest BCUT2D eigenvalue weighted by atomic mass is 16.2. The summed E-state index contributed by atoms with van der Waals surface area (Å²) in [7, 11) is 0. The van der Waals surface area contributed by atoms with Gasteiger partial charge >= 0.3 is 11.8 Å². The standard InChI is InChI=1S/C21H27N3O2/c1-5-23(6-2)18-13-11-17(12-14-18)22-20(25)21(26)24(7-3)19-10-8-9-16(4)15-19/h8-15H,5-7H2,1-4H3,(H,22,25). The summed E-state index contributed by atoms with van der Waals surface area (Å²) in [6, 6.07) is 15.1. The number of carbonyl (C=O) groups excluding carboxylic acids is 2. The fourth-order valence-electron chi connectivity index (χ4n) is 2.89. The zero-order valence-corrected chi connectivity index (χ0v) is 16.0. The first-order chi connectivity index (χ1) is 12.5. The normalized spacial score (nSPS) is 10.3. The third-order valence-electron chi connectivity index (χ3n) is 4.32. The van der Waals surface area contributed by atoms with E-state index in [2.05, 4.69) is 24.1 Å². The number of benzene rings is 2. The summed E-state index contributed by atoms with van der Waals surface area (Å²) in [5, 5.41) is 2.69. The first-order valence-corrected chi connectivity index (χ1v) is 9.04. The third-order valence-corrected chi connectivity index (χ3v) is 4.32. The minimum Gasteiger partial charge on any atom is -0.372 e. The maximum atomic E-state index is 12.6. The molecule has 2 aromatic rings. The molecule has 0 aliphatic carbocycles. The zero-order valence-electron chi connectivity index (χ0n) is 16.0. The Labute approximate surface area is 155 Å². The molecule has 5 heteroatoms. The van der Waals surface area contributed by atoms with Gasteiger partial charge in [-0.3, -0.25) is 9.59 Å². The molecule has 0 aliphatic rings. The first-order valence-electron chi connectivity index (χ1n) is 9.04. The van der Waals surface area contributed by atoms with Crippen LogP contribution in [0.4, 0.5) is 17.1 Å². The van der Waals surface area contributed by atoms with Crippen LogP contribution in [0.25, 0.3) is 0 Å². The molecule has 0 aromatic heterocycles. The number of likely N-dealkylation sites (N-methyl/N-ethyl adjacent to an activating group) is 1. The van der Waals surface area contributed by atoms with Crippen LogP contribution in [0.2, 0.25) is 0 Å². The number of carbonyl (C=O) groups is 2. The third kappa shape index (κ3) is 4.63. The van der Waals surface area contributed by atoms with Crippen molar-refractivity contribution in [3.63, 3.8) is 0 Å². The predicted octanol–water partition coefficient (Wildman–Crippen LogP) is 3.83. The molecular formula is C21H27N3O2. The van der Waals surface area contributed by atoms with Crippen LogP contribution >= 0.6 is 0 Å². The van der Waals surface area contributed by atoms with E-state index >= 15 is 0 Å². The van der Waals surface area contributed by atoms with Crippen molar-refractivity contribution in [2.45, 2.75) is 27.7 Å². The van der Waals surface area contributed by atoms with Crippen molar-refractivity contribution < 1.29 is 9.59 Å². The molecule has 138 valence electrons. The lowest BCUT2D eigenvalue weighted by Crippen LogP contribution is -2.39. The van der Waals surface area contributed by atoms with Gasteiger partial charge in [0.25, 0.3) is 0 Å². The Morgan fingerprint density at radius 1 is 0.885 bits per heavy atom. The summed E-state index contributed by atoms with van der Waals surface area (Å²) >= 11 is 0. The zero-order chi connectivity index (χ0) is 19.1. The van der Waals surface area contributed by atoms with Gasteiger partial charge in [0.15, 0.2) is 0 Å². The Morgan fingerprint density at radius 3 is 2.08 bits per heavy atom. The molecular weight excluding hydrogens is 326 g/mol. The van der Waals surface area contributed by atoms with E-state index in [1.165, 1.54) is 4.90 Å². The highest BCUT2D eigenvalue weighted by Crippen LogP contribution is 2.19. The number of aryl methyl sites for hydroxylation is 1. The van der Waals surface area contributed by atoms with Crippen LogP contribution in [0.15, 0.2) is 48.5 Å². The van der Waals surface area contributed by atoms with Crippen molar-refractivity contribution in [2.75, 3.05) is 34.8 Å². The maximum Gasteiger partial charge on any atom is 0.316 e. The van der Waals surface area contributed by atoms with Crippen molar-refractivity contribution >= 4 is 28.9 Å². The highest BCUT2D eigenvalue weighted by molar-refractivity contribution is 6.44. The second-order valence-electron chi connectivity index (χ2n) is 6.06. The number of hydrogen-bond donors (Lipinski definition) is 1. The summed E-state index contributed by atoms with van der Waals surface area (Å²) in [5.74, 6) is -1.20. The molecule has 0 atom stereocenters. The number of nitrogens with zero attached hydrogens (tertiary/aromatic N) is 2. The Bertz CT molecular complexity index is 752. The van der Waals surface area contributed by atoms with E-state index in [-0.39, 0.29) is 0 Å². The molecule has 0 bridgehead atoms. The monoisotopic (exact) mass is 353 g/mol. The smallest absolute Gasteiger partial charge is 0.316 e. The molecule has 0 fully saturated rings. The summed E-state index contributed by atoms with van der Waals surface area (Å²) in [6.07, 6.45) is 0. The summed E-state index contributed by atoms with van der Waals surface area (Å²) < 4.78 is 0. The molecule has 0 heterocycles. The molecule has 2 rings (SSSR count). The van der Waals surface area contributed by atoms with Gasteiger partial charge in [0.1, 0.15) is 0 Å². The van der Waals surface area contributed by atoms with E-state index in [4.69, 9.17) is 0 Å². The van der Waals surface area contributed by atoms with Gasteiger partial charge in [-0.2, -0.15) is 0 Å². The average molecular weight is 353 g/mol. The SMILES string of the molecule is CCN(CC)c1ccc(NC(=O)C(=O)N(CC)c2cccc(C)c2)cc1. The van der Waals surface area contributed by atoms with Gasteiger partial charge in [-0.15, -0.1) is 0 Å². The molecule has 2 aromatic carbocycles. The van der Waals surface area contributed by atoms with Gasteiger partial charge in [0.05, 0.1) is 0 Å². The second-order valence-corrected chi connectivity index (χ2v) is 6.06. The maximum absolute atomic E-state index is 12.6. The summed E-state index contributed by atoms with van der Waals surface area (Å²) in [6.45, 7) is 10.3. The molecule has 5 nitrogen and oxygen atoms in total. The van der Waals surface area contributed by atoms with Crippen LogP contribution in [-0.2, 0) is 9.59 Å². The summed E-state index contributed by atoms with van der Waals surface area (Å²) in [5.41, 5.74) is 3.47. The number of anilines is 3. The Balaban J connectivity index is 2.09. The molecule has 0 saturated carbocycles. The van der Waals surface area contributed by atoms with E-state index in [1.807, 2.05) is 62.4 Å². The molecule has 26 heavy (non-hydrogen) atoms. The molecule has 0 aliphatic heterocycles. The first kappa shape index (κ1) is 19.5. The van der Waals surface area contributed by atoms with Crippen LogP contribution in [0.5, 0.6) is 0 Å². The lowest BCUT2D eigenvalue weighted by Gasteiger charge is -2.22. The van der Waals surface area contributed by atoms with Gasteiger partial charge in [0.2, 0.25) is 0 Å². The van der Waals surface area contributed by atoms with Crippen molar-refractivity contribution in [1.82, 2.24) is 0 Å². The van der Waals surface area contributed by atoms with Crippen LogP contribution in [0, 0.1) is 6.92 Å². The van der Waals surface area contributed by atoms with Crippen LogP contribution in [0.1, 0.15) is 26.3 Å². The fourth-order valence-corrected chi connectivity index (χ4v) is 2.89. The molecule has 0 unspecified atom stereocenters. The van der Waals surface area contributed by atoms with E-state index < -0.39 is 11.8 Å². The van der Waals surface area contributed by atoms with Crippen molar-refractivity contribution in [3.05, 3.63) is 54.1 Å². The highest BCUT2D eigenvalue weighted by Gasteiger charge is 2.22. The largest absolute Gasteiger partial charge is 0.372 e. The second kappa shape index (κ2) is 9.04. The Hall–Kier alpha value is -2.82. The fraction of sp³-hybridized carbons (Fsp3) is 0.333. The van der Waals surface area contributed by atoms with Crippen molar-refractivity contribution in [3.8, 4) is 0 Å². The summed E-state index contributed by atoms with van der Waals surface area (Å²) in [4.78, 5) is 28.6. The van der Waals surface area contributed by atoms with E-state index in [9.17, 15) is 9.59 Å². The van der Waals surface area contributed by atoms with Gasteiger partial charge in [0, 0.05) is 36.7 Å². The Kier molecular flexibility index (Phi) is 6.78. The molecule has 2 amide bonds. The molecule has 1 N–H and O–H groups in total. The average Bonchev–Trinajstić information content (AvgIpc) is 2.64. The predicted molar refractivity (Wildman–Crippen MR) is 108 cm³/mol. The van der Waals surface area contributed by atoms with E-state index in [0.717, 1.165) is 30.0 Å². The van der Waals surface area contributed by atoms with Gasteiger partial charge in [-0.1, -0.05) is 12.1 Å². The minimum atomic E-state index is -0.635. The van der Waals surface area contributed by atoms with Gasteiger partial charge < -0.3 is 15.1 Å². The topological polar surface area (TPSA) is 52.7 Å². The molecule has 0 radical (unpaired) electrons. The lowest BCUT2D eigenvalue weighted by molar-refractivity contribution is -0.134. The number of nitrogens with one attached hydrogen (secondary N) is 1. The van der Waals surface area contributed by atoms with Crippen LogP contribution < -0.4 is 15.1 Å². The number of rotatable bonds is 6. The lowest BCUT2D eigenvalue weighted by atomic mass is 10.2. The van der Waals surface area contributed by atoms with Crippen LogP contribution in [0.3, 0.4) is 0 Å². The molecule has 0 spiro atoms. The number of amides is 2. The van der Waals surface area contributed by atoms with Gasteiger partial charge in [-0.05, 0) is 69.7 Å². The van der Waals surface area contributed by atoms with Gasteiger partial charge in [-0.25, -0.2) is 0 Å².